The van der Waals surface area contributed by atoms with Gasteiger partial charge in [-0.15, -0.1) is 11.3 Å². The van der Waals surface area contributed by atoms with Gasteiger partial charge in [-0.3, -0.25) is 0 Å². The maximum atomic E-state index is 5.16. The monoisotopic (exact) mass is 275 g/mol. The molecule has 3 heteroatoms. The third-order valence-corrected chi connectivity index (χ3v) is 4.22. The average Bonchev–Trinajstić information content (AvgIpc) is 2.91. The molecule has 2 aromatic rings. The number of benzene rings is 1. The van der Waals surface area contributed by atoms with Gasteiger partial charge in [0, 0.05) is 11.4 Å². The molecule has 1 heterocycles. The van der Waals surface area contributed by atoms with Gasteiger partial charge < -0.3 is 10.1 Å². The predicted molar refractivity (Wildman–Crippen MR) is 82.1 cm³/mol. The highest BCUT2D eigenvalue weighted by molar-refractivity contribution is 7.10. The van der Waals surface area contributed by atoms with Crippen molar-refractivity contribution in [1.29, 1.82) is 0 Å². The number of aryl methyl sites for hydroxylation is 1. The smallest absolute Gasteiger partial charge is 0.118 e. The Hall–Kier alpha value is -1.32. The summed E-state index contributed by atoms with van der Waals surface area (Å²) in [5, 5.41) is 5.70. The Morgan fingerprint density at radius 2 is 1.95 bits per heavy atom. The summed E-state index contributed by atoms with van der Waals surface area (Å²) in [7, 11) is 1.70. The van der Waals surface area contributed by atoms with Crippen molar-refractivity contribution < 1.29 is 4.74 Å². The summed E-state index contributed by atoms with van der Waals surface area (Å²) in [5.74, 6) is 0.919. The Bertz CT molecular complexity index is 490. The largest absolute Gasteiger partial charge is 0.497 e. The van der Waals surface area contributed by atoms with E-state index in [1.165, 1.54) is 16.0 Å². The van der Waals surface area contributed by atoms with E-state index in [1.54, 1.807) is 7.11 Å². The minimum atomic E-state index is 0.919. The van der Waals surface area contributed by atoms with Crippen LogP contribution in [-0.2, 0) is 19.4 Å². The van der Waals surface area contributed by atoms with Crippen LogP contribution in [0.5, 0.6) is 5.75 Å². The summed E-state index contributed by atoms with van der Waals surface area (Å²) in [4.78, 5) is 1.47. The van der Waals surface area contributed by atoms with E-state index in [4.69, 9.17) is 4.74 Å². The molecular weight excluding hydrogens is 254 g/mol. The Morgan fingerprint density at radius 1 is 1.16 bits per heavy atom. The zero-order chi connectivity index (χ0) is 13.5. The van der Waals surface area contributed by atoms with E-state index in [0.29, 0.717) is 0 Å². The normalized spacial score (nSPS) is 10.6. The second-order valence-corrected chi connectivity index (χ2v) is 5.50. The van der Waals surface area contributed by atoms with Crippen LogP contribution in [0.1, 0.15) is 22.9 Å². The first-order valence-corrected chi connectivity index (χ1v) is 7.60. The predicted octanol–water partition coefficient (Wildman–Crippen LogP) is 3.65. The summed E-state index contributed by atoms with van der Waals surface area (Å²) in [6.07, 6.45) is 2.18. The number of ether oxygens (including phenoxy) is 1. The maximum Gasteiger partial charge on any atom is 0.118 e. The molecule has 2 rings (SSSR count). The Labute approximate surface area is 119 Å². The van der Waals surface area contributed by atoms with Crippen molar-refractivity contribution >= 4 is 11.3 Å². The molecule has 2 nitrogen and oxygen atoms in total. The van der Waals surface area contributed by atoms with Crippen LogP contribution in [-0.4, -0.2) is 13.7 Å². The number of nitrogens with one attached hydrogen (secondary N) is 1. The van der Waals surface area contributed by atoms with Crippen molar-refractivity contribution in [3.63, 3.8) is 0 Å². The third-order valence-electron chi connectivity index (χ3n) is 3.25. The molecule has 0 saturated carbocycles. The first-order valence-electron chi connectivity index (χ1n) is 6.72. The number of rotatable bonds is 7. The molecule has 0 bridgehead atoms. The number of hydrogen-bond acceptors (Lipinski definition) is 3. The molecule has 102 valence electrons. The van der Waals surface area contributed by atoms with Crippen molar-refractivity contribution in [1.82, 2.24) is 5.32 Å². The van der Waals surface area contributed by atoms with Gasteiger partial charge in [0.05, 0.1) is 7.11 Å². The van der Waals surface area contributed by atoms with E-state index in [1.807, 2.05) is 23.5 Å². The Morgan fingerprint density at radius 3 is 2.63 bits per heavy atom. The highest BCUT2D eigenvalue weighted by Gasteiger charge is 2.01. The molecule has 0 fully saturated rings. The molecule has 0 aliphatic heterocycles. The quantitative estimate of drug-likeness (QED) is 0.779. The van der Waals surface area contributed by atoms with Gasteiger partial charge in [0.2, 0.25) is 0 Å². The van der Waals surface area contributed by atoms with Crippen LogP contribution in [0.3, 0.4) is 0 Å². The lowest BCUT2D eigenvalue weighted by molar-refractivity contribution is 0.414. The summed E-state index contributed by atoms with van der Waals surface area (Å²) in [6.45, 7) is 4.20. The lowest BCUT2D eigenvalue weighted by atomic mass is 10.1. The highest BCUT2D eigenvalue weighted by atomic mass is 32.1. The fourth-order valence-electron chi connectivity index (χ4n) is 2.06. The minimum Gasteiger partial charge on any atom is -0.497 e. The van der Waals surface area contributed by atoms with Gasteiger partial charge >= 0.3 is 0 Å². The Balaban J connectivity index is 1.74. The van der Waals surface area contributed by atoms with Crippen LogP contribution < -0.4 is 10.1 Å². The van der Waals surface area contributed by atoms with Gasteiger partial charge in [-0.1, -0.05) is 19.1 Å². The van der Waals surface area contributed by atoms with Crippen molar-refractivity contribution in [2.45, 2.75) is 26.3 Å². The zero-order valence-corrected chi connectivity index (χ0v) is 12.4. The van der Waals surface area contributed by atoms with E-state index >= 15 is 0 Å². The van der Waals surface area contributed by atoms with Crippen molar-refractivity contribution in [2.75, 3.05) is 13.7 Å². The van der Waals surface area contributed by atoms with Crippen molar-refractivity contribution in [3.05, 3.63) is 51.7 Å². The molecule has 0 amide bonds. The second kappa shape index (κ2) is 7.31. The van der Waals surface area contributed by atoms with E-state index < -0.39 is 0 Å². The summed E-state index contributed by atoms with van der Waals surface area (Å²) >= 11 is 1.85. The molecule has 19 heavy (non-hydrogen) atoms. The molecule has 1 aromatic heterocycles. The average molecular weight is 275 g/mol. The van der Waals surface area contributed by atoms with Crippen LogP contribution in [0, 0.1) is 0 Å². The number of hydrogen-bond donors (Lipinski definition) is 1. The molecule has 0 saturated heterocycles. The lowest BCUT2D eigenvalue weighted by Crippen LogP contribution is -2.16. The van der Waals surface area contributed by atoms with Crippen LogP contribution in [0.4, 0.5) is 0 Å². The first kappa shape index (κ1) is 14.1. The number of thiophene rings is 1. The summed E-state index contributed by atoms with van der Waals surface area (Å²) in [5.41, 5.74) is 2.82. The van der Waals surface area contributed by atoms with Crippen LogP contribution in [0.25, 0.3) is 0 Å². The van der Waals surface area contributed by atoms with Crippen LogP contribution in [0.15, 0.2) is 35.7 Å². The van der Waals surface area contributed by atoms with E-state index in [2.05, 4.69) is 35.8 Å². The fraction of sp³-hybridized carbons (Fsp3) is 0.375. The zero-order valence-electron chi connectivity index (χ0n) is 11.6. The first-order chi connectivity index (χ1) is 9.33. The Kier molecular flexibility index (Phi) is 5.43. The summed E-state index contributed by atoms with van der Waals surface area (Å²) in [6, 6.07) is 10.5. The molecule has 0 radical (unpaired) electrons. The third kappa shape index (κ3) is 4.08. The molecule has 0 aliphatic carbocycles. The lowest BCUT2D eigenvalue weighted by Gasteiger charge is -2.06. The standard InChI is InChI=1S/C16H21NOS/c1-3-14-9-11-19-16(14)12-17-10-8-13-4-6-15(18-2)7-5-13/h4-7,9,11,17H,3,8,10,12H2,1-2H3. The molecule has 0 aliphatic rings. The molecule has 0 atom stereocenters. The highest BCUT2D eigenvalue weighted by Crippen LogP contribution is 2.17. The molecule has 0 unspecified atom stereocenters. The van der Waals surface area contributed by atoms with Crippen molar-refractivity contribution in [2.24, 2.45) is 0 Å². The molecule has 0 spiro atoms. The fourth-order valence-corrected chi connectivity index (χ4v) is 3.01. The van der Waals surface area contributed by atoms with Gasteiger partial charge in [0.1, 0.15) is 5.75 Å². The number of methoxy groups -OCH3 is 1. The van der Waals surface area contributed by atoms with Crippen molar-refractivity contribution in [3.8, 4) is 5.75 Å². The van der Waals surface area contributed by atoms with Gasteiger partial charge in [-0.25, -0.2) is 0 Å². The van der Waals surface area contributed by atoms with Gasteiger partial charge in [0.15, 0.2) is 0 Å². The van der Waals surface area contributed by atoms with Gasteiger partial charge in [0.25, 0.3) is 0 Å². The second-order valence-electron chi connectivity index (χ2n) is 4.50. The van der Waals surface area contributed by atoms with Gasteiger partial charge in [-0.2, -0.15) is 0 Å². The van der Waals surface area contributed by atoms with Crippen LogP contribution >= 0.6 is 11.3 Å². The topological polar surface area (TPSA) is 21.3 Å². The van der Waals surface area contributed by atoms with E-state index in [9.17, 15) is 0 Å². The molecule has 1 aromatic carbocycles. The molecular formula is C16H21NOS. The SMILES string of the molecule is CCc1ccsc1CNCCc1ccc(OC)cc1. The maximum absolute atomic E-state index is 5.16. The van der Waals surface area contributed by atoms with Gasteiger partial charge in [-0.05, 0) is 54.1 Å². The van der Waals surface area contributed by atoms with E-state index in [0.717, 1.165) is 31.7 Å². The minimum absolute atomic E-state index is 0.919. The summed E-state index contributed by atoms with van der Waals surface area (Å²) < 4.78 is 5.16. The molecule has 1 N–H and O–H groups in total. The van der Waals surface area contributed by atoms with Crippen LogP contribution in [0.2, 0.25) is 0 Å². The van der Waals surface area contributed by atoms with E-state index in [-0.39, 0.29) is 0 Å².